The Kier molecular flexibility index (Phi) is 4.91. The minimum Gasteiger partial charge on any atom is -0.358 e. The molecule has 2 heterocycles. The van der Waals surface area contributed by atoms with Crippen molar-refractivity contribution in [3.8, 4) is 0 Å². The highest BCUT2D eigenvalue weighted by Gasteiger charge is 2.20. The van der Waals surface area contributed by atoms with Gasteiger partial charge in [-0.05, 0) is 36.5 Å². The Morgan fingerprint density at radius 3 is 2.65 bits per heavy atom. The zero-order valence-electron chi connectivity index (χ0n) is 15.0. The number of H-pyrrole nitrogens is 1. The molecule has 134 valence electrons. The van der Waals surface area contributed by atoms with Crippen molar-refractivity contribution in [2.24, 2.45) is 0 Å². The zero-order chi connectivity index (χ0) is 17.8. The lowest BCUT2D eigenvalue weighted by Crippen LogP contribution is -2.41. The van der Waals surface area contributed by atoms with Gasteiger partial charge in [-0.25, -0.2) is 4.79 Å². The highest BCUT2D eigenvalue weighted by Crippen LogP contribution is 2.25. The van der Waals surface area contributed by atoms with Crippen LogP contribution in [-0.4, -0.2) is 35.5 Å². The normalized spacial score (nSPS) is 14.1. The Hall–Kier alpha value is -2.75. The molecule has 4 heteroatoms. The Bertz CT molecular complexity index is 885. The molecule has 1 aliphatic heterocycles. The van der Waals surface area contributed by atoms with E-state index in [0.29, 0.717) is 0 Å². The molecule has 4 rings (SSSR count). The van der Waals surface area contributed by atoms with Gasteiger partial charge in [-0.15, -0.1) is 0 Å². The van der Waals surface area contributed by atoms with Crippen LogP contribution in [0, 0.1) is 0 Å². The van der Waals surface area contributed by atoms with Crippen molar-refractivity contribution >= 4 is 16.9 Å². The van der Waals surface area contributed by atoms with Crippen LogP contribution in [-0.2, 0) is 19.3 Å². The summed E-state index contributed by atoms with van der Waals surface area (Å²) in [5.74, 6) is 0. The summed E-state index contributed by atoms with van der Waals surface area (Å²) in [4.78, 5) is 18.0. The molecule has 2 N–H and O–H groups in total. The van der Waals surface area contributed by atoms with E-state index in [-0.39, 0.29) is 6.03 Å². The van der Waals surface area contributed by atoms with Crippen LogP contribution >= 0.6 is 0 Å². The minimum absolute atomic E-state index is 0.0625. The fraction of sp³-hybridized carbons (Fsp3) is 0.318. The standard InChI is InChI=1S/C22H25N3O/c26-22(23-14-6-9-17-7-2-1-3-8-17)25-15-12-19-18-10-4-5-11-20(18)24-21(19)13-16-25/h1-5,7-8,10-11,24H,6,9,12-16H2,(H,23,26). The van der Waals surface area contributed by atoms with Crippen molar-refractivity contribution in [1.82, 2.24) is 15.2 Å². The minimum atomic E-state index is 0.0625. The highest BCUT2D eigenvalue weighted by molar-refractivity contribution is 5.85. The van der Waals surface area contributed by atoms with Crippen molar-refractivity contribution in [3.05, 3.63) is 71.4 Å². The number of rotatable bonds is 4. The van der Waals surface area contributed by atoms with E-state index in [1.807, 2.05) is 11.0 Å². The van der Waals surface area contributed by atoms with Gasteiger partial charge in [-0.1, -0.05) is 48.5 Å². The second-order valence-corrected chi connectivity index (χ2v) is 6.94. The predicted molar refractivity (Wildman–Crippen MR) is 105 cm³/mol. The van der Waals surface area contributed by atoms with Crippen LogP contribution in [0.1, 0.15) is 23.2 Å². The molecule has 0 saturated carbocycles. The van der Waals surface area contributed by atoms with Gasteiger partial charge in [0.2, 0.25) is 0 Å². The maximum absolute atomic E-state index is 12.5. The summed E-state index contributed by atoms with van der Waals surface area (Å²) in [5, 5.41) is 4.38. The SMILES string of the molecule is O=C(NCCCc1ccccc1)N1CCc2[nH]c3ccccc3c2CC1. The number of benzene rings is 2. The fourth-order valence-corrected chi connectivity index (χ4v) is 3.81. The number of hydrogen-bond acceptors (Lipinski definition) is 1. The lowest BCUT2D eigenvalue weighted by molar-refractivity contribution is 0.200. The van der Waals surface area contributed by atoms with Crippen LogP contribution < -0.4 is 5.32 Å². The Morgan fingerprint density at radius 1 is 1.00 bits per heavy atom. The summed E-state index contributed by atoms with van der Waals surface area (Å²) in [7, 11) is 0. The smallest absolute Gasteiger partial charge is 0.317 e. The van der Waals surface area contributed by atoms with Crippen molar-refractivity contribution in [2.75, 3.05) is 19.6 Å². The molecule has 3 aromatic rings. The average Bonchev–Trinajstić information content (AvgIpc) is 2.90. The molecule has 2 aromatic carbocycles. The molecule has 1 aromatic heterocycles. The zero-order valence-corrected chi connectivity index (χ0v) is 15.0. The van der Waals surface area contributed by atoms with Gasteiger partial charge in [0, 0.05) is 42.7 Å². The van der Waals surface area contributed by atoms with Crippen LogP contribution in [0.15, 0.2) is 54.6 Å². The van der Waals surface area contributed by atoms with Crippen molar-refractivity contribution in [1.29, 1.82) is 0 Å². The predicted octanol–water partition coefficient (Wildman–Crippen LogP) is 3.91. The lowest BCUT2D eigenvalue weighted by atomic mass is 10.1. The molecule has 2 amide bonds. The molecule has 0 saturated heterocycles. The molecule has 0 unspecified atom stereocenters. The first-order chi connectivity index (χ1) is 12.8. The molecule has 4 nitrogen and oxygen atoms in total. The van der Waals surface area contributed by atoms with Crippen molar-refractivity contribution < 1.29 is 4.79 Å². The monoisotopic (exact) mass is 347 g/mol. The Morgan fingerprint density at radius 2 is 1.77 bits per heavy atom. The van der Waals surface area contributed by atoms with E-state index in [4.69, 9.17) is 0 Å². The van der Waals surface area contributed by atoms with E-state index in [0.717, 1.165) is 45.3 Å². The molecule has 1 aliphatic rings. The van der Waals surface area contributed by atoms with Crippen LogP contribution in [0.4, 0.5) is 4.79 Å². The summed E-state index contributed by atoms with van der Waals surface area (Å²) in [6.45, 7) is 2.27. The van der Waals surface area contributed by atoms with Gasteiger partial charge in [0.25, 0.3) is 0 Å². The lowest BCUT2D eigenvalue weighted by Gasteiger charge is -2.21. The van der Waals surface area contributed by atoms with E-state index < -0.39 is 0 Å². The third kappa shape index (κ3) is 3.59. The number of carbonyl (C=O) groups is 1. The number of aromatic nitrogens is 1. The number of nitrogens with zero attached hydrogens (tertiary/aromatic N) is 1. The van der Waals surface area contributed by atoms with Gasteiger partial charge in [0.15, 0.2) is 0 Å². The fourth-order valence-electron chi connectivity index (χ4n) is 3.81. The number of para-hydroxylation sites is 1. The highest BCUT2D eigenvalue weighted by atomic mass is 16.2. The number of nitrogens with one attached hydrogen (secondary N) is 2. The molecular formula is C22H25N3O. The van der Waals surface area contributed by atoms with Gasteiger partial charge in [0.05, 0.1) is 0 Å². The molecule has 0 bridgehead atoms. The molecule has 0 aliphatic carbocycles. The number of aromatic amines is 1. The van der Waals surface area contributed by atoms with E-state index in [1.165, 1.54) is 27.7 Å². The molecule has 0 atom stereocenters. The van der Waals surface area contributed by atoms with Gasteiger partial charge >= 0.3 is 6.03 Å². The number of hydrogen-bond donors (Lipinski definition) is 2. The maximum atomic E-state index is 12.5. The second kappa shape index (κ2) is 7.65. The number of amides is 2. The number of fused-ring (bicyclic) bond motifs is 3. The third-order valence-corrected chi connectivity index (χ3v) is 5.21. The molecular weight excluding hydrogens is 322 g/mol. The number of carbonyl (C=O) groups excluding carboxylic acids is 1. The molecule has 0 spiro atoms. The second-order valence-electron chi connectivity index (χ2n) is 6.94. The first kappa shape index (κ1) is 16.7. The van der Waals surface area contributed by atoms with Crippen molar-refractivity contribution in [2.45, 2.75) is 25.7 Å². The first-order valence-corrected chi connectivity index (χ1v) is 9.46. The van der Waals surface area contributed by atoms with Crippen LogP contribution in [0.5, 0.6) is 0 Å². The summed E-state index contributed by atoms with van der Waals surface area (Å²) in [5.41, 5.74) is 5.18. The molecule has 0 radical (unpaired) electrons. The quantitative estimate of drug-likeness (QED) is 0.691. The van der Waals surface area contributed by atoms with E-state index in [2.05, 4.69) is 58.8 Å². The van der Waals surface area contributed by atoms with Gasteiger partial charge in [-0.2, -0.15) is 0 Å². The van der Waals surface area contributed by atoms with Crippen LogP contribution in [0.25, 0.3) is 10.9 Å². The largest absolute Gasteiger partial charge is 0.358 e. The number of aryl methyl sites for hydroxylation is 1. The number of urea groups is 1. The first-order valence-electron chi connectivity index (χ1n) is 9.46. The van der Waals surface area contributed by atoms with E-state index >= 15 is 0 Å². The Balaban J connectivity index is 1.29. The topological polar surface area (TPSA) is 48.1 Å². The summed E-state index contributed by atoms with van der Waals surface area (Å²) in [6.07, 6.45) is 3.77. The third-order valence-electron chi connectivity index (χ3n) is 5.21. The van der Waals surface area contributed by atoms with Gasteiger partial charge in [0.1, 0.15) is 0 Å². The van der Waals surface area contributed by atoms with Crippen LogP contribution in [0.2, 0.25) is 0 Å². The average molecular weight is 347 g/mol. The van der Waals surface area contributed by atoms with Crippen molar-refractivity contribution in [3.63, 3.8) is 0 Å². The molecule has 26 heavy (non-hydrogen) atoms. The van der Waals surface area contributed by atoms with E-state index in [1.54, 1.807) is 0 Å². The Labute approximate surface area is 154 Å². The maximum Gasteiger partial charge on any atom is 0.317 e. The van der Waals surface area contributed by atoms with Gasteiger partial charge in [-0.3, -0.25) is 0 Å². The summed E-state index contributed by atoms with van der Waals surface area (Å²) in [6, 6.07) is 18.9. The van der Waals surface area contributed by atoms with E-state index in [9.17, 15) is 4.79 Å². The molecule has 0 fully saturated rings. The summed E-state index contributed by atoms with van der Waals surface area (Å²) >= 11 is 0. The summed E-state index contributed by atoms with van der Waals surface area (Å²) < 4.78 is 0. The van der Waals surface area contributed by atoms with Gasteiger partial charge < -0.3 is 15.2 Å². The van der Waals surface area contributed by atoms with Crippen LogP contribution in [0.3, 0.4) is 0 Å².